The van der Waals surface area contributed by atoms with E-state index in [1.54, 1.807) is 0 Å². The first-order valence-electron chi connectivity index (χ1n) is 8.15. The van der Waals surface area contributed by atoms with Gasteiger partial charge in [-0.25, -0.2) is 12.8 Å². The van der Waals surface area contributed by atoms with Crippen LogP contribution in [0.5, 0.6) is 0 Å². The highest BCUT2D eigenvalue weighted by molar-refractivity contribution is 7.92. The number of halogens is 1. The third kappa shape index (κ3) is 4.92. The molecule has 0 radical (unpaired) electrons. The minimum atomic E-state index is -3.93. The fourth-order valence-electron chi connectivity index (χ4n) is 2.45. The minimum absolute atomic E-state index is 0.0354. The van der Waals surface area contributed by atoms with E-state index in [4.69, 9.17) is 0 Å². The van der Waals surface area contributed by atoms with Gasteiger partial charge in [0.15, 0.2) is 0 Å². The molecule has 0 unspecified atom stereocenters. The van der Waals surface area contributed by atoms with Crippen molar-refractivity contribution in [2.45, 2.75) is 11.3 Å². The molecule has 3 aromatic rings. The lowest BCUT2D eigenvalue weighted by Crippen LogP contribution is -2.15. The molecule has 0 aliphatic carbocycles. The minimum Gasteiger partial charge on any atom is -0.326 e. The summed E-state index contributed by atoms with van der Waals surface area (Å²) in [6, 6.07) is 20.5. The Balaban J connectivity index is 1.67. The molecule has 5 nitrogen and oxygen atoms in total. The van der Waals surface area contributed by atoms with Crippen molar-refractivity contribution in [3.63, 3.8) is 0 Å². The quantitative estimate of drug-likeness (QED) is 0.679. The third-order valence-electron chi connectivity index (χ3n) is 3.77. The molecule has 0 aliphatic heterocycles. The first-order chi connectivity index (χ1) is 12.9. The summed E-state index contributed by atoms with van der Waals surface area (Å²) < 4.78 is 40.6. The summed E-state index contributed by atoms with van der Waals surface area (Å²) in [4.78, 5) is 12.0. The molecule has 138 valence electrons. The zero-order valence-corrected chi connectivity index (χ0v) is 15.0. The van der Waals surface area contributed by atoms with Gasteiger partial charge in [-0.1, -0.05) is 42.5 Å². The van der Waals surface area contributed by atoms with Crippen LogP contribution in [0.25, 0.3) is 0 Å². The smallest absolute Gasteiger partial charge is 0.261 e. The average Bonchev–Trinajstić information content (AvgIpc) is 2.65. The maximum absolute atomic E-state index is 13.6. The van der Waals surface area contributed by atoms with Gasteiger partial charge in [0.2, 0.25) is 5.91 Å². The number of benzene rings is 3. The second-order valence-corrected chi connectivity index (χ2v) is 7.50. The summed E-state index contributed by atoms with van der Waals surface area (Å²) in [6.07, 6.45) is 0.218. The van der Waals surface area contributed by atoms with E-state index in [2.05, 4.69) is 10.0 Å². The number of carbonyl (C=O) groups excluding carboxylic acids is 1. The summed E-state index contributed by atoms with van der Waals surface area (Å²) in [5.41, 5.74) is 1.22. The first kappa shape index (κ1) is 18.6. The van der Waals surface area contributed by atoms with Gasteiger partial charge >= 0.3 is 0 Å². The van der Waals surface area contributed by atoms with Gasteiger partial charge in [-0.3, -0.25) is 9.52 Å². The van der Waals surface area contributed by atoms with Crippen molar-refractivity contribution in [3.8, 4) is 0 Å². The van der Waals surface area contributed by atoms with Gasteiger partial charge in [0, 0.05) is 5.69 Å². The zero-order valence-electron chi connectivity index (χ0n) is 14.2. The first-order valence-corrected chi connectivity index (χ1v) is 9.63. The third-order valence-corrected chi connectivity index (χ3v) is 5.16. The lowest BCUT2D eigenvalue weighted by Gasteiger charge is -2.10. The van der Waals surface area contributed by atoms with Gasteiger partial charge in [-0.2, -0.15) is 0 Å². The van der Waals surface area contributed by atoms with E-state index >= 15 is 0 Å². The molecule has 0 aliphatic rings. The van der Waals surface area contributed by atoms with Gasteiger partial charge in [-0.05, 0) is 42.0 Å². The lowest BCUT2D eigenvalue weighted by molar-refractivity contribution is -0.115. The molecule has 27 heavy (non-hydrogen) atoms. The standard InChI is InChI=1S/C20H17FN2O3S/c21-18-8-4-5-9-19(18)23-27(25,26)17-12-10-16(11-13-17)22-20(24)14-15-6-2-1-3-7-15/h1-13,23H,14H2,(H,22,24). The van der Waals surface area contributed by atoms with Gasteiger partial charge in [0.05, 0.1) is 17.0 Å². The summed E-state index contributed by atoms with van der Waals surface area (Å²) in [7, 11) is -3.93. The molecule has 0 saturated heterocycles. The molecule has 0 heterocycles. The summed E-state index contributed by atoms with van der Waals surface area (Å²) in [5.74, 6) is -0.868. The van der Waals surface area contributed by atoms with Crippen molar-refractivity contribution in [3.05, 3.63) is 90.2 Å². The fourth-order valence-corrected chi connectivity index (χ4v) is 3.52. The molecule has 2 N–H and O–H groups in total. The maximum atomic E-state index is 13.6. The second-order valence-electron chi connectivity index (χ2n) is 5.82. The van der Waals surface area contributed by atoms with Gasteiger partial charge in [-0.15, -0.1) is 0 Å². The van der Waals surface area contributed by atoms with E-state index in [0.717, 1.165) is 5.56 Å². The van der Waals surface area contributed by atoms with E-state index in [-0.39, 0.29) is 22.9 Å². The summed E-state index contributed by atoms with van der Waals surface area (Å²) in [5, 5.41) is 2.71. The number of hydrogen-bond donors (Lipinski definition) is 2. The van der Waals surface area contributed by atoms with Crippen molar-refractivity contribution in [2.24, 2.45) is 0 Å². The van der Waals surface area contributed by atoms with Gasteiger partial charge in [0.1, 0.15) is 5.82 Å². The van der Waals surface area contributed by atoms with E-state index in [1.807, 2.05) is 30.3 Å². The van der Waals surface area contributed by atoms with Crippen LogP contribution in [0.3, 0.4) is 0 Å². The summed E-state index contributed by atoms with van der Waals surface area (Å²) >= 11 is 0. The fraction of sp³-hybridized carbons (Fsp3) is 0.0500. The number of anilines is 2. The van der Waals surface area contributed by atoms with Crippen LogP contribution in [0, 0.1) is 5.82 Å². The molecule has 0 aromatic heterocycles. The highest BCUT2D eigenvalue weighted by Crippen LogP contribution is 2.20. The molecule has 7 heteroatoms. The predicted molar refractivity (Wildman–Crippen MR) is 102 cm³/mol. The topological polar surface area (TPSA) is 75.3 Å². The van der Waals surface area contributed by atoms with Crippen molar-refractivity contribution in [1.82, 2.24) is 0 Å². The highest BCUT2D eigenvalue weighted by atomic mass is 32.2. The Kier molecular flexibility index (Phi) is 5.52. The van der Waals surface area contributed by atoms with Crippen LogP contribution < -0.4 is 10.0 Å². The Morgan fingerprint density at radius 1 is 0.852 bits per heavy atom. The van der Waals surface area contributed by atoms with Crippen LogP contribution in [-0.2, 0) is 21.2 Å². The molecule has 3 aromatic carbocycles. The number of hydrogen-bond acceptors (Lipinski definition) is 3. The number of rotatable bonds is 6. The highest BCUT2D eigenvalue weighted by Gasteiger charge is 2.16. The molecule has 0 atom stereocenters. The molecule has 1 amide bonds. The average molecular weight is 384 g/mol. The van der Waals surface area contributed by atoms with E-state index in [1.165, 1.54) is 48.5 Å². The number of para-hydroxylation sites is 1. The number of amides is 1. The number of nitrogens with one attached hydrogen (secondary N) is 2. The monoisotopic (exact) mass is 384 g/mol. The predicted octanol–water partition coefficient (Wildman–Crippen LogP) is 3.81. The molecule has 3 rings (SSSR count). The van der Waals surface area contributed by atoms with Crippen LogP contribution in [-0.4, -0.2) is 14.3 Å². The Bertz CT molecular complexity index is 1040. The molecule has 0 bridgehead atoms. The Morgan fingerprint density at radius 3 is 2.15 bits per heavy atom. The van der Waals surface area contributed by atoms with Crippen molar-refractivity contribution >= 4 is 27.3 Å². The SMILES string of the molecule is O=C(Cc1ccccc1)Nc1ccc(S(=O)(=O)Nc2ccccc2F)cc1. The maximum Gasteiger partial charge on any atom is 0.261 e. The molecular weight excluding hydrogens is 367 g/mol. The van der Waals surface area contributed by atoms with E-state index in [0.29, 0.717) is 5.69 Å². The number of sulfonamides is 1. The van der Waals surface area contributed by atoms with Crippen molar-refractivity contribution < 1.29 is 17.6 Å². The molecule has 0 spiro atoms. The lowest BCUT2D eigenvalue weighted by atomic mass is 10.1. The second kappa shape index (κ2) is 8.01. The van der Waals surface area contributed by atoms with Crippen LogP contribution in [0.1, 0.15) is 5.56 Å². The van der Waals surface area contributed by atoms with Crippen molar-refractivity contribution in [1.29, 1.82) is 0 Å². The normalized spacial score (nSPS) is 11.0. The van der Waals surface area contributed by atoms with Crippen LogP contribution >= 0.6 is 0 Å². The van der Waals surface area contributed by atoms with Crippen LogP contribution in [0.2, 0.25) is 0 Å². The van der Waals surface area contributed by atoms with Gasteiger partial charge < -0.3 is 5.32 Å². The largest absolute Gasteiger partial charge is 0.326 e. The van der Waals surface area contributed by atoms with E-state index < -0.39 is 15.8 Å². The summed E-state index contributed by atoms with van der Waals surface area (Å²) in [6.45, 7) is 0. The van der Waals surface area contributed by atoms with Crippen LogP contribution in [0.15, 0.2) is 83.8 Å². The van der Waals surface area contributed by atoms with Gasteiger partial charge in [0.25, 0.3) is 10.0 Å². The van der Waals surface area contributed by atoms with Crippen molar-refractivity contribution in [2.75, 3.05) is 10.0 Å². The number of carbonyl (C=O) groups is 1. The van der Waals surface area contributed by atoms with Crippen LogP contribution in [0.4, 0.5) is 15.8 Å². The zero-order chi connectivity index (χ0) is 19.3. The Hall–Kier alpha value is -3.19. The Labute approximate surface area is 156 Å². The molecule has 0 saturated carbocycles. The molecular formula is C20H17FN2O3S. The molecule has 0 fully saturated rings. The Morgan fingerprint density at radius 2 is 1.48 bits per heavy atom. The van der Waals surface area contributed by atoms with E-state index in [9.17, 15) is 17.6 Å².